The molecular formula is C18H23N. The molecule has 2 aromatic rings. The highest BCUT2D eigenvalue weighted by Gasteiger charge is 2.06. The molecule has 0 aromatic heterocycles. The third kappa shape index (κ3) is 4.22. The number of aryl methyl sites for hydroxylation is 2. The van der Waals surface area contributed by atoms with Crippen molar-refractivity contribution in [3.8, 4) is 0 Å². The highest BCUT2D eigenvalue weighted by molar-refractivity contribution is 5.28. The van der Waals surface area contributed by atoms with E-state index in [2.05, 4.69) is 73.8 Å². The Morgan fingerprint density at radius 2 is 1.63 bits per heavy atom. The first kappa shape index (κ1) is 13.8. The first-order valence-corrected chi connectivity index (χ1v) is 7.10. The van der Waals surface area contributed by atoms with Gasteiger partial charge in [-0.25, -0.2) is 0 Å². The minimum absolute atomic E-state index is 0.428. The van der Waals surface area contributed by atoms with Gasteiger partial charge in [-0.1, -0.05) is 54.6 Å². The maximum atomic E-state index is 3.61. The van der Waals surface area contributed by atoms with Crippen LogP contribution in [0.1, 0.15) is 36.1 Å². The summed E-state index contributed by atoms with van der Waals surface area (Å²) >= 11 is 0. The molecule has 0 aliphatic carbocycles. The van der Waals surface area contributed by atoms with E-state index in [4.69, 9.17) is 0 Å². The number of benzene rings is 2. The van der Waals surface area contributed by atoms with Crippen LogP contribution in [0.5, 0.6) is 0 Å². The first-order valence-electron chi connectivity index (χ1n) is 7.10. The second-order valence-corrected chi connectivity index (χ2v) is 5.12. The van der Waals surface area contributed by atoms with Crippen molar-refractivity contribution in [3.63, 3.8) is 0 Å². The summed E-state index contributed by atoms with van der Waals surface area (Å²) in [5, 5.41) is 3.61. The van der Waals surface area contributed by atoms with E-state index in [0.717, 1.165) is 13.0 Å². The van der Waals surface area contributed by atoms with E-state index in [1.165, 1.54) is 23.1 Å². The Balaban J connectivity index is 1.76. The van der Waals surface area contributed by atoms with Gasteiger partial charge in [0.15, 0.2) is 0 Å². The predicted molar refractivity (Wildman–Crippen MR) is 82.4 cm³/mol. The molecule has 0 amide bonds. The van der Waals surface area contributed by atoms with E-state index in [1.807, 2.05) is 0 Å². The van der Waals surface area contributed by atoms with Crippen LogP contribution >= 0.6 is 0 Å². The average Bonchev–Trinajstić information content (AvgIpc) is 2.45. The van der Waals surface area contributed by atoms with Gasteiger partial charge < -0.3 is 5.32 Å². The molecule has 0 spiro atoms. The van der Waals surface area contributed by atoms with Gasteiger partial charge in [0.1, 0.15) is 0 Å². The monoisotopic (exact) mass is 253 g/mol. The van der Waals surface area contributed by atoms with Crippen LogP contribution in [0.15, 0.2) is 54.6 Å². The molecule has 0 saturated carbocycles. The largest absolute Gasteiger partial charge is 0.310 e. The van der Waals surface area contributed by atoms with E-state index in [9.17, 15) is 0 Å². The minimum Gasteiger partial charge on any atom is -0.310 e. The van der Waals surface area contributed by atoms with Gasteiger partial charge in [0.05, 0.1) is 0 Å². The number of rotatable bonds is 6. The van der Waals surface area contributed by atoms with Gasteiger partial charge in [0.2, 0.25) is 0 Å². The van der Waals surface area contributed by atoms with Crippen molar-refractivity contribution in [2.75, 3.05) is 6.54 Å². The summed E-state index contributed by atoms with van der Waals surface area (Å²) in [7, 11) is 0. The Morgan fingerprint density at radius 1 is 0.947 bits per heavy atom. The van der Waals surface area contributed by atoms with Crippen LogP contribution in [-0.4, -0.2) is 6.54 Å². The lowest BCUT2D eigenvalue weighted by Gasteiger charge is -2.16. The molecule has 0 aliphatic rings. The van der Waals surface area contributed by atoms with Crippen molar-refractivity contribution in [2.24, 2.45) is 0 Å². The Bertz CT molecular complexity index is 490. The normalized spacial score (nSPS) is 12.3. The molecule has 100 valence electrons. The Hall–Kier alpha value is -1.60. The zero-order chi connectivity index (χ0) is 13.5. The summed E-state index contributed by atoms with van der Waals surface area (Å²) in [5.41, 5.74) is 4.20. The highest BCUT2D eigenvalue weighted by atomic mass is 14.9. The van der Waals surface area contributed by atoms with Crippen LogP contribution in [0, 0.1) is 6.92 Å². The smallest absolute Gasteiger partial charge is 0.0294 e. The molecular weight excluding hydrogens is 230 g/mol. The lowest BCUT2D eigenvalue weighted by Crippen LogP contribution is -2.21. The maximum Gasteiger partial charge on any atom is 0.0294 e. The third-order valence-corrected chi connectivity index (χ3v) is 3.59. The summed E-state index contributed by atoms with van der Waals surface area (Å²) in [5.74, 6) is 0. The minimum atomic E-state index is 0.428. The standard InChI is InChI=1S/C18H23N/c1-15-9-6-7-13-18(15)16(2)19-14-8-12-17-10-4-3-5-11-17/h3-7,9-11,13,16,19H,8,12,14H2,1-2H3/t16-/m0/s1. The molecule has 1 atom stereocenters. The molecule has 0 aliphatic heterocycles. The van der Waals surface area contributed by atoms with E-state index in [1.54, 1.807) is 0 Å². The van der Waals surface area contributed by atoms with Crippen LogP contribution in [0.3, 0.4) is 0 Å². The summed E-state index contributed by atoms with van der Waals surface area (Å²) in [6.45, 7) is 5.48. The summed E-state index contributed by atoms with van der Waals surface area (Å²) in [6, 6.07) is 19.7. The summed E-state index contributed by atoms with van der Waals surface area (Å²) in [6.07, 6.45) is 2.33. The van der Waals surface area contributed by atoms with Crippen molar-refractivity contribution < 1.29 is 0 Å². The molecule has 2 aromatic carbocycles. The molecule has 0 bridgehead atoms. The van der Waals surface area contributed by atoms with Crippen LogP contribution in [0.2, 0.25) is 0 Å². The second kappa shape index (κ2) is 7.10. The quantitative estimate of drug-likeness (QED) is 0.758. The number of nitrogens with one attached hydrogen (secondary N) is 1. The van der Waals surface area contributed by atoms with Gasteiger partial charge in [0.25, 0.3) is 0 Å². The SMILES string of the molecule is Cc1ccccc1[C@H](C)NCCCc1ccccc1. The van der Waals surface area contributed by atoms with Crippen LogP contribution in [-0.2, 0) is 6.42 Å². The predicted octanol–water partition coefficient (Wildman–Crippen LogP) is 4.28. The molecule has 0 saturated heterocycles. The van der Waals surface area contributed by atoms with E-state index < -0.39 is 0 Å². The molecule has 0 radical (unpaired) electrons. The van der Waals surface area contributed by atoms with Gasteiger partial charge in [0, 0.05) is 6.04 Å². The van der Waals surface area contributed by atoms with Gasteiger partial charge in [-0.2, -0.15) is 0 Å². The number of hydrogen-bond acceptors (Lipinski definition) is 1. The molecule has 1 nitrogen and oxygen atoms in total. The zero-order valence-electron chi connectivity index (χ0n) is 11.9. The van der Waals surface area contributed by atoms with Gasteiger partial charge >= 0.3 is 0 Å². The first-order chi connectivity index (χ1) is 9.27. The van der Waals surface area contributed by atoms with E-state index in [-0.39, 0.29) is 0 Å². The molecule has 0 heterocycles. The number of hydrogen-bond donors (Lipinski definition) is 1. The van der Waals surface area contributed by atoms with Crippen LogP contribution in [0.4, 0.5) is 0 Å². The van der Waals surface area contributed by atoms with Crippen molar-refractivity contribution in [2.45, 2.75) is 32.7 Å². The summed E-state index contributed by atoms with van der Waals surface area (Å²) < 4.78 is 0. The second-order valence-electron chi connectivity index (χ2n) is 5.12. The fourth-order valence-electron chi connectivity index (χ4n) is 2.44. The van der Waals surface area contributed by atoms with Crippen LogP contribution in [0.25, 0.3) is 0 Å². The lowest BCUT2D eigenvalue weighted by atomic mass is 10.0. The molecule has 0 unspecified atom stereocenters. The topological polar surface area (TPSA) is 12.0 Å². The van der Waals surface area contributed by atoms with Crippen molar-refractivity contribution in [3.05, 3.63) is 71.3 Å². The van der Waals surface area contributed by atoms with Crippen molar-refractivity contribution >= 4 is 0 Å². The Kier molecular flexibility index (Phi) is 5.17. The maximum absolute atomic E-state index is 3.61. The highest BCUT2D eigenvalue weighted by Crippen LogP contribution is 2.16. The van der Waals surface area contributed by atoms with E-state index >= 15 is 0 Å². The molecule has 2 rings (SSSR count). The van der Waals surface area contributed by atoms with E-state index in [0.29, 0.717) is 6.04 Å². The van der Waals surface area contributed by atoms with Gasteiger partial charge in [-0.05, 0) is 49.9 Å². The third-order valence-electron chi connectivity index (χ3n) is 3.59. The van der Waals surface area contributed by atoms with Crippen LogP contribution < -0.4 is 5.32 Å². The molecule has 19 heavy (non-hydrogen) atoms. The zero-order valence-corrected chi connectivity index (χ0v) is 11.9. The molecule has 0 fully saturated rings. The van der Waals surface area contributed by atoms with Gasteiger partial charge in [-0.3, -0.25) is 0 Å². The molecule has 1 N–H and O–H groups in total. The molecule has 1 heteroatoms. The Labute approximate surface area is 116 Å². The van der Waals surface area contributed by atoms with Crippen molar-refractivity contribution in [1.29, 1.82) is 0 Å². The fourth-order valence-corrected chi connectivity index (χ4v) is 2.44. The fraction of sp³-hybridized carbons (Fsp3) is 0.333. The average molecular weight is 253 g/mol. The van der Waals surface area contributed by atoms with Gasteiger partial charge in [-0.15, -0.1) is 0 Å². The lowest BCUT2D eigenvalue weighted by molar-refractivity contribution is 0.556. The Morgan fingerprint density at radius 3 is 2.37 bits per heavy atom. The van der Waals surface area contributed by atoms with Crippen molar-refractivity contribution in [1.82, 2.24) is 5.32 Å². The summed E-state index contributed by atoms with van der Waals surface area (Å²) in [4.78, 5) is 0.